The first-order chi connectivity index (χ1) is 13.3. The van der Waals surface area contributed by atoms with E-state index in [1.807, 2.05) is 24.3 Å². The summed E-state index contributed by atoms with van der Waals surface area (Å²) in [6.07, 6.45) is 0. The number of sulfone groups is 1. The predicted octanol–water partition coefficient (Wildman–Crippen LogP) is 1.19. The van der Waals surface area contributed by atoms with E-state index in [2.05, 4.69) is 10.3 Å². The Balaban J connectivity index is 1.65. The number of thiazole rings is 1. The van der Waals surface area contributed by atoms with Gasteiger partial charge in [-0.25, -0.2) is 13.4 Å². The molecule has 28 heavy (non-hydrogen) atoms. The molecule has 150 valence electrons. The molecule has 8 nitrogen and oxygen atoms in total. The minimum Gasteiger partial charge on any atom is -0.496 e. The minimum absolute atomic E-state index is 0.0479. The summed E-state index contributed by atoms with van der Waals surface area (Å²) in [7, 11) is -1.50. The van der Waals surface area contributed by atoms with Crippen molar-refractivity contribution in [2.45, 2.75) is 13.0 Å². The Hall–Kier alpha value is -2.46. The van der Waals surface area contributed by atoms with Crippen molar-refractivity contribution < 1.29 is 22.7 Å². The molecule has 10 heteroatoms. The molecule has 1 unspecified atom stereocenters. The van der Waals surface area contributed by atoms with Crippen LogP contribution in [0.4, 0.5) is 0 Å². The van der Waals surface area contributed by atoms with E-state index in [1.54, 1.807) is 19.4 Å². The molecule has 2 heterocycles. The zero-order valence-corrected chi connectivity index (χ0v) is 17.2. The van der Waals surface area contributed by atoms with E-state index < -0.39 is 21.8 Å². The van der Waals surface area contributed by atoms with Crippen LogP contribution in [-0.2, 0) is 14.6 Å². The van der Waals surface area contributed by atoms with Gasteiger partial charge in [-0.05, 0) is 19.1 Å². The van der Waals surface area contributed by atoms with E-state index in [4.69, 9.17) is 4.74 Å². The maximum Gasteiger partial charge on any atom is 0.271 e. The number of para-hydroxylation sites is 1. The number of hydrogen-bond donors (Lipinski definition) is 1. The van der Waals surface area contributed by atoms with E-state index in [-0.39, 0.29) is 36.2 Å². The standard InChI is InChI=1S/C18H21N3O5S2/c1-12(18(23)21-7-9-28(24,25)10-8-21)19-16(22)14-11-27-17(20-14)13-5-3-4-6-15(13)26-2/h3-6,11-12H,7-10H2,1-2H3,(H,19,22). The predicted molar refractivity (Wildman–Crippen MR) is 106 cm³/mol. The summed E-state index contributed by atoms with van der Waals surface area (Å²) in [6, 6.07) is 6.61. The molecule has 1 fully saturated rings. The second-order valence-electron chi connectivity index (χ2n) is 6.41. The Kier molecular flexibility index (Phi) is 5.99. The molecule has 1 aromatic heterocycles. The molecule has 0 saturated carbocycles. The monoisotopic (exact) mass is 423 g/mol. The van der Waals surface area contributed by atoms with Gasteiger partial charge < -0.3 is 15.0 Å². The van der Waals surface area contributed by atoms with Gasteiger partial charge in [0, 0.05) is 18.5 Å². The number of amides is 2. The summed E-state index contributed by atoms with van der Waals surface area (Å²) < 4.78 is 28.3. The average Bonchev–Trinajstić information content (AvgIpc) is 3.17. The van der Waals surface area contributed by atoms with Gasteiger partial charge in [0.05, 0.1) is 24.2 Å². The molecule has 0 bridgehead atoms. The highest BCUT2D eigenvalue weighted by Gasteiger charge is 2.29. The number of carbonyl (C=O) groups excluding carboxylic acids is 2. The van der Waals surface area contributed by atoms with Crippen molar-refractivity contribution in [3.63, 3.8) is 0 Å². The number of nitrogens with one attached hydrogen (secondary N) is 1. The fourth-order valence-electron chi connectivity index (χ4n) is 2.86. The lowest BCUT2D eigenvalue weighted by Crippen LogP contribution is -2.51. The summed E-state index contributed by atoms with van der Waals surface area (Å²) in [5.41, 5.74) is 1.000. The normalized spacial score (nSPS) is 17.0. The van der Waals surface area contributed by atoms with Gasteiger partial charge in [-0.2, -0.15) is 0 Å². The number of methoxy groups -OCH3 is 1. The lowest BCUT2D eigenvalue weighted by Gasteiger charge is -2.29. The maximum absolute atomic E-state index is 12.5. The number of ether oxygens (including phenoxy) is 1. The second kappa shape index (κ2) is 8.27. The lowest BCUT2D eigenvalue weighted by molar-refractivity contribution is -0.132. The fraction of sp³-hybridized carbons (Fsp3) is 0.389. The summed E-state index contributed by atoms with van der Waals surface area (Å²) in [5, 5.41) is 4.91. The van der Waals surface area contributed by atoms with Crippen LogP contribution in [0.25, 0.3) is 10.6 Å². The largest absolute Gasteiger partial charge is 0.496 e. The third-order valence-electron chi connectivity index (χ3n) is 4.45. The van der Waals surface area contributed by atoms with Crippen molar-refractivity contribution in [3.8, 4) is 16.3 Å². The topological polar surface area (TPSA) is 106 Å². The van der Waals surface area contributed by atoms with Crippen molar-refractivity contribution in [2.75, 3.05) is 31.7 Å². The maximum atomic E-state index is 12.5. The Labute approximate surface area is 167 Å². The average molecular weight is 424 g/mol. The number of carbonyl (C=O) groups is 2. The third kappa shape index (κ3) is 4.50. The molecule has 2 amide bonds. The van der Waals surface area contributed by atoms with Crippen LogP contribution in [0, 0.1) is 0 Å². The van der Waals surface area contributed by atoms with Crippen LogP contribution in [0.1, 0.15) is 17.4 Å². The van der Waals surface area contributed by atoms with Gasteiger partial charge >= 0.3 is 0 Å². The molecule has 1 aromatic carbocycles. The van der Waals surface area contributed by atoms with E-state index >= 15 is 0 Å². The molecule has 0 radical (unpaired) electrons. The van der Waals surface area contributed by atoms with Gasteiger partial charge in [0.15, 0.2) is 9.84 Å². The number of benzene rings is 1. The second-order valence-corrected chi connectivity index (χ2v) is 9.57. The highest BCUT2D eigenvalue weighted by molar-refractivity contribution is 7.91. The van der Waals surface area contributed by atoms with Crippen LogP contribution in [-0.4, -0.2) is 67.9 Å². The van der Waals surface area contributed by atoms with Gasteiger partial charge in [-0.1, -0.05) is 12.1 Å². The van der Waals surface area contributed by atoms with Crippen molar-refractivity contribution in [1.29, 1.82) is 0 Å². The van der Waals surface area contributed by atoms with E-state index in [0.717, 1.165) is 5.56 Å². The number of aromatic nitrogens is 1. The first-order valence-electron chi connectivity index (χ1n) is 8.70. The van der Waals surface area contributed by atoms with Gasteiger partial charge in [0.2, 0.25) is 5.91 Å². The third-order valence-corrected chi connectivity index (χ3v) is 6.93. The molecule has 0 spiro atoms. The minimum atomic E-state index is -3.07. The van der Waals surface area contributed by atoms with E-state index in [9.17, 15) is 18.0 Å². The van der Waals surface area contributed by atoms with Crippen molar-refractivity contribution >= 4 is 33.0 Å². The van der Waals surface area contributed by atoms with Gasteiger partial charge in [0.1, 0.15) is 22.5 Å². The Morgan fingerprint density at radius 3 is 2.61 bits per heavy atom. The van der Waals surface area contributed by atoms with Crippen LogP contribution in [0.5, 0.6) is 5.75 Å². The first-order valence-corrected chi connectivity index (χ1v) is 11.4. The smallest absolute Gasteiger partial charge is 0.271 e. The van der Waals surface area contributed by atoms with Crippen molar-refractivity contribution in [1.82, 2.24) is 15.2 Å². The summed E-state index contributed by atoms with van der Waals surface area (Å²) in [5.74, 6) is -0.194. The molecule has 2 aromatic rings. The van der Waals surface area contributed by atoms with Gasteiger partial charge in [-0.3, -0.25) is 9.59 Å². The molecular formula is C18H21N3O5S2. The van der Waals surface area contributed by atoms with E-state index in [0.29, 0.717) is 10.8 Å². The summed E-state index contributed by atoms with van der Waals surface area (Å²) in [6.45, 7) is 1.88. The highest BCUT2D eigenvalue weighted by Crippen LogP contribution is 2.31. The molecule has 3 rings (SSSR count). The summed E-state index contributed by atoms with van der Waals surface area (Å²) in [4.78, 5) is 30.8. The molecular weight excluding hydrogens is 402 g/mol. The fourth-order valence-corrected chi connectivity index (χ4v) is 4.89. The van der Waals surface area contributed by atoms with Crippen LogP contribution < -0.4 is 10.1 Å². The van der Waals surface area contributed by atoms with Gasteiger partial charge in [0.25, 0.3) is 5.91 Å². The first kappa shape index (κ1) is 20.3. The zero-order valence-electron chi connectivity index (χ0n) is 15.5. The summed E-state index contributed by atoms with van der Waals surface area (Å²) >= 11 is 1.31. The number of rotatable bonds is 5. The Bertz CT molecular complexity index is 973. The van der Waals surface area contributed by atoms with Crippen LogP contribution in [0.3, 0.4) is 0 Å². The van der Waals surface area contributed by atoms with Gasteiger partial charge in [-0.15, -0.1) is 11.3 Å². The lowest BCUT2D eigenvalue weighted by atomic mass is 10.2. The Morgan fingerprint density at radius 2 is 1.93 bits per heavy atom. The quantitative estimate of drug-likeness (QED) is 0.775. The van der Waals surface area contributed by atoms with Crippen LogP contribution in [0.15, 0.2) is 29.6 Å². The molecule has 1 atom stereocenters. The number of hydrogen-bond acceptors (Lipinski definition) is 7. The highest BCUT2D eigenvalue weighted by atomic mass is 32.2. The molecule has 0 aliphatic carbocycles. The van der Waals surface area contributed by atoms with Crippen molar-refractivity contribution in [3.05, 3.63) is 35.3 Å². The SMILES string of the molecule is COc1ccccc1-c1nc(C(=O)NC(C)C(=O)N2CCS(=O)(=O)CC2)cs1. The molecule has 1 N–H and O–H groups in total. The Morgan fingerprint density at radius 1 is 1.25 bits per heavy atom. The molecule has 1 aliphatic rings. The van der Waals surface area contributed by atoms with E-state index in [1.165, 1.54) is 16.2 Å². The molecule has 1 saturated heterocycles. The number of nitrogens with zero attached hydrogens (tertiary/aromatic N) is 2. The van der Waals surface area contributed by atoms with Crippen LogP contribution >= 0.6 is 11.3 Å². The zero-order chi connectivity index (χ0) is 20.3. The van der Waals surface area contributed by atoms with Crippen LogP contribution in [0.2, 0.25) is 0 Å². The van der Waals surface area contributed by atoms with Crippen molar-refractivity contribution in [2.24, 2.45) is 0 Å². The molecule has 1 aliphatic heterocycles.